The van der Waals surface area contributed by atoms with Crippen molar-refractivity contribution in [1.29, 1.82) is 0 Å². The number of rotatable bonds is 4. The molecule has 3 aromatic carbocycles. The van der Waals surface area contributed by atoms with Crippen LogP contribution in [0.4, 0.5) is 0 Å². The molecule has 6 nitrogen and oxygen atoms in total. The van der Waals surface area contributed by atoms with Crippen molar-refractivity contribution in [3.05, 3.63) is 71.8 Å². The number of carbonyl (C=O) groups excluding carboxylic acids is 1. The summed E-state index contributed by atoms with van der Waals surface area (Å²) in [5, 5.41) is 5.42. The van der Waals surface area contributed by atoms with Crippen molar-refractivity contribution in [2.75, 3.05) is 6.79 Å². The Labute approximate surface area is 162 Å². The summed E-state index contributed by atoms with van der Waals surface area (Å²) in [6, 6.07) is 20.1. The van der Waals surface area contributed by atoms with E-state index >= 15 is 0 Å². The van der Waals surface area contributed by atoms with E-state index < -0.39 is 0 Å². The van der Waals surface area contributed by atoms with E-state index in [1.54, 1.807) is 0 Å². The highest BCUT2D eigenvalue weighted by molar-refractivity contribution is 5.87. The Morgan fingerprint density at radius 1 is 1.00 bits per heavy atom. The zero-order valence-corrected chi connectivity index (χ0v) is 15.3. The standard InChI is InChI=1S/C22H21N3O3/c26-22(23-12-14-8-9-20-21(10-14)28-13-27-20)19-11-18(24-25-19)17-7-3-5-15-4-1-2-6-16(15)17/h1-10,18-19,24-25H,11-13H2,(H,23,26). The summed E-state index contributed by atoms with van der Waals surface area (Å²) < 4.78 is 10.7. The maximum Gasteiger partial charge on any atom is 0.238 e. The fourth-order valence-electron chi connectivity index (χ4n) is 3.85. The van der Waals surface area contributed by atoms with Crippen LogP contribution in [0.25, 0.3) is 10.8 Å². The highest BCUT2D eigenvalue weighted by atomic mass is 16.7. The first-order valence-corrected chi connectivity index (χ1v) is 9.43. The molecule has 6 heteroatoms. The van der Waals surface area contributed by atoms with E-state index in [1.807, 2.05) is 30.3 Å². The van der Waals surface area contributed by atoms with Gasteiger partial charge in [-0.1, -0.05) is 48.5 Å². The molecule has 2 aliphatic heterocycles. The van der Waals surface area contributed by atoms with Gasteiger partial charge in [0.2, 0.25) is 12.7 Å². The zero-order chi connectivity index (χ0) is 18.9. The summed E-state index contributed by atoms with van der Waals surface area (Å²) in [5.74, 6) is 1.45. The minimum Gasteiger partial charge on any atom is -0.454 e. The summed E-state index contributed by atoms with van der Waals surface area (Å²) in [7, 11) is 0. The van der Waals surface area contributed by atoms with Gasteiger partial charge in [-0.2, -0.15) is 0 Å². The topological polar surface area (TPSA) is 71.6 Å². The average Bonchev–Trinajstić information content (AvgIpc) is 3.41. The second-order valence-electron chi connectivity index (χ2n) is 7.10. The number of hydrogen-bond acceptors (Lipinski definition) is 5. The molecule has 2 atom stereocenters. The SMILES string of the molecule is O=C(NCc1ccc2c(c1)OCO2)C1CC(c2cccc3ccccc23)NN1. The molecule has 0 saturated carbocycles. The Kier molecular flexibility index (Phi) is 4.35. The Bertz CT molecular complexity index is 1030. The summed E-state index contributed by atoms with van der Waals surface area (Å²) in [6.07, 6.45) is 0.695. The van der Waals surface area contributed by atoms with Gasteiger partial charge in [0.15, 0.2) is 11.5 Å². The molecule has 0 spiro atoms. The fraction of sp³-hybridized carbons (Fsp3) is 0.227. The van der Waals surface area contributed by atoms with E-state index in [4.69, 9.17) is 9.47 Å². The zero-order valence-electron chi connectivity index (χ0n) is 15.3. The van der Waals surface area contributed by atoms with E-state index in [0.29, 0.717) is 13.0 Å². The smallest absolute Gasteiger partial charge is 0.238 e. The maximum absolute atomic E-state index is 12.6. The number of nitrogens with one attached hydrogen (secondary N) is 3. The molecule has 142 valence electrons. The lowest BCUT2D eigenvalue weighted by molar-refractivity contribution is -0.123. The minimum absolute atomic E-state index is 0.0205. The predicted molar refractivity (Wildman–Crippen MR) is 106 cm³/mol. The van der Waals surface area contributed by atoms with E-state index in [1.165, 1.54) is 16.3 Å². The van der Waals surface area contributed by atoms with E-state index in [9.17, 15) is 4.79 Å². The summed E-state index contributed by atoms with van der Waals surface area (Å²) in [6.45, 7) is 0.699. The van der Waals surface area contributed by atoms with Crippen molar-refractivity contribution in [2.24, 2.45) is 0 Å². The molecule has 1 fully saturated rings. The molecular formula is C22H21N3O3. The lowest BCUT2D eigenvalue weighted by atomic mass is 9.96. The van der Waals surface area contributed by atoms with Gasteiger partial charge in [0.05, 0.1) is 0 Å². The largest absolute Gasteiger partial charge is 0.454 e. The van der Waals surface area contributed by atoms with E-state index in [-0.39, 0.29) is 24.8 Å². The van der Waals surface area contributed by atoms with Crippen molar-refractivity contribution >= 4 is 16.7 Å². The van der Waals surface area contributed by atoms with Gasteiger partial charge in [0.1, 0.15) is 6.04 Å². The molecule has 2 unspecified atom stereocenters. The molecule has 0 aliphatic carbocycles. The van der Waals surface area contributed by atoms with Gasteiger partial charge in [-0.25, -0.2) is 10.9 Å². The quantitative estimate of drug-likeness (QED) is 0.654. The van der Waals surface area contributed by atoms with Crippen LogP contribution >= 0.6 is 0 Å². The number of hydrogen-bond donors (Lipinski definition) is 3. The minimum atomic E-state index is -0.280. The Hall–Kier alpha value is -3.09. The lowest BCUT2D eigenvalue weighted by Gasteiger charge is -2.13. The molecule has 2 aliphatic rings. The number of ether oxygens (including phenoxy) is 2. The Morgan fingerprint density at radius 2 is 1.86 bits per heavy atom. The molecule has 0 radical (unpaired) electrons. The molecule has 3 N–H and O–H groups in total. The highest BCUT2D eigenvalue weighted by Gasteiger charge is 2.30. The molecule has 1 amide bonds. The van der Waals surface area contributed by atoms with Gasteiger partial charge in [-0.15, -0.1) is 0 Å². The molecular weight excluding hydrogens is 354 g/mol. The van der Waals surface area contributed by atoms with Crippen molar-refractivity contribution < 1.29 is 14.3 Å². The second kappa shape index (κ2) is 7.14. The van der Waals surface area contributed by atoms with Crippen LogP contribution in [-0.2, 0) is 11.3 Å². The van der Waals surface area contributed by atoms with Gasteiger partial charge in [0, 0.05) is 12.6 Å². The molecule has 0 aromatic heterocycles. The van der Waals surface area contributed by atoms with Gasteiger partial charge in [0.25, 0.3) is 0 Å². The van der Waals surface area contributed by atoms with Crippen molar-refractivity contribution in [2.45, 2.75) is 25.0 Å². The van der Waals surface area contributed by atoms with Crippen molar-refractivity contribution in [1.82, 2.24) is 16.2 Å². The first kappa shape index (κ1) is 17.0. The van der Waals surface area contributed by atoms with E-state index in [0.717, 1.165) is 17.1 Å². The van der Waals surface area contributed by atoms with Gasteiger partial charge >= 0.3 is 0 Å². The summed E-state index contributed by atoms with van der Waals surface area (Å²) in [4.78, 5) is 12.6. The third-order valence-electron chi connectivity index (χ3n) is 5.32. The Morgan fingerprint density at radius 3 is 2.82 bits per heavy atom. The maximum atomic E-state index is 12.6. The number of fused-ring (bicyclic) bond motifs is 2. The van der Waals surface area contributed by atoms with Crippen molar-refractivity contribution in [3.8, 4) is 11.5 Å². The predicted octanol–water partition coefficient (Wildman–Crippen LogP) is 2.79. The highest BCUT2D eigenvalue weighted by Crippen LogP contribution is 2.32. The molecule has 0 bridgehead atoms. The number of amides is 1. The van der Waals surface area contributed by atoms with Crippen molar-refractivity contribution in [3.63, 3.8) is 0 Å². The van der Waals surface area contributed by atoms with Crippen LogP contribution in [0.1, 0.15) is 23.6 Å². The van der Waals surface area contributed by atoms with Crippen LogP contribution in [0.5, 0.6) is 11.5 Å². The van der Waals surface area contributed by atoms with E-state index in [2.05, 4.69) is 46.5 Å². The number of hydrazine groups is 1. The number of benzene rings is 3. The van der Waals surface area contributed by atoms with Crippen LogP contribution < -0.4 is 25.6 Å². The van der Waals surface area contributed by atoms with Crippen LogP contribution in [0.15, 0.2) is 60.7 Å². The normalized spacial score (nSPS) is 20.4. The molecule has 28 heavy (non-hydrogen) atoms. The third kappa shape index (κ3) is 3.17. The Balaban J connectivity index is 1.24. The van der Waals surface area contributed by atoms with Crippen LogP contribution in [0.2, 0.25) is 0 Å². The first-order chi connectivity index (χ1) is 13.8. The monoisotopic (exact) mass is 375 g/mol. The summed E-state index contributed by atoms with van der Waals surface area (Å²) >= 11 is 0. The van der Waals surface area contributed by atoms with Crippen LogP contribution in [0.3, 0.4) is 0 Å². The van der Waals surface area contributed by atoms with Gasteiger partial charge in [-0.3, -0.25) is 4.79 Å². The molecule has 3 aromatic rings. The number of carbonyl (C=O) groups is 1. The van der Waals surface area contributed by atoms with Gasteiger partial charge in [-0.05, 0) is 40.5 Å². The lowest BCUT2D eigenvalue weighted by Crippen LogP contribution is -2.42. The summed E-state index contributed by atoms with van der Waals surface area (Å²) in [5.41, 5.74) is 8.61. The average molecular weight is 375 g/mol. The molecule has 2 heterocycles. The molecule has 5 rings (SSSR count). The second-order valence-corrected chi connectivity index (χ2v) is 7.10. The molecule has 1 saturated heterocycles. The fourth-order valence-corrected chi connectivity index (χ4v) is 3.85. The van der Waals surface area contributed by atoms with Crippen LogP contribution in [0, 0.1) is 0 Å². The third-order valence-corrected chi connectivity index (χ3v) is 5.32. The van der Waals surface area contributed by atoms with Crippen LogP contribution in [-0.4, -0.2) is 18.7 Å². The van der Waals surface area contributed by atoms with Gasteiger partial charge < -0.3 is 14.8 Å². The first-order valence-electron chi connectivity index (χ1n) is 9.43.